The van der Waals surface area contributed by atoms with Crippen molar-refractivity contribution in [3.8, 4) is 0 Å². The normalized spacial score (nSPS) is 11.2. The van der Waals surface area contributed by atoms with E-state index in [1.165, 1.54) is 13.1 Å². The highest BCUT2D eigenvalue weighted by Crippen LogP contribution is 2.22. The minimum absolute atomic E-state index is 0.0267. The molecule has 0 bridgehead atoms. The Balaban J connectivity index is 1.76. The molecule has 0 aliphatic rings. The topological polar surface area (TPSA) is 117 Å². The number of aromatic nitrogens is 3. The lowest BCUT2D eigenvalue weighted by Crippen LogP contribution is -2.14. The molecule has 1 aromatic carbocycles. The van der Waals surface area contributed by atoms with Gasteiger partial charge in [0, 0.05) is 11.3 Å². The molecular weight excluding hydrogens is 366 g/mol. The van der Waals surface area contributed by atoms with Gasteiger partial charge in [-0.05, 0) is 45.0 Å². The van der Waals surface area contributed by atoms with Gasteiger partial charge in [-0.15, -0.1) is 0 Å². The molecule has 0 aliphatic heterocycles. The summed E-state index contributed by atoms with van der Waals surface area (Å²) in [5, 5.41) is 9.65. The molecule has 8 nitrogen and oxygen atoms in total. The number of carbonyl (C=O) groups is 1. The summed E-state index contributed by atoms with van der Waals surface area (Å²) in [5.74, 6) is 0.496. The second kappa shape index (κ2) is 7.20. The number of aromatic amines is 1. The number of carbonyl (C=O) groups excluding carboxylic acids is 1. The van der Waals surface area contributed by atoms with Crippen LogP contribution in [0.3, 0.4) is 0 Å². The van der Waals surface area contributed by atoms with Crippen LogP contribution >= 0.6 is 0 Å². The number of anilines is 3. The van der Waals surface area contributed by atoms with E-state index >= 15 is 0 Å². The number of ketones is 1. The number of sulfonamides is 1. The van der Waals surface area contributed by atoms with E-state index in [1.54, 1.807) is 44.2 Å². The van der Waals surface area contributed by atoms with Gasteiger partial charge < -0.3 is 5.32 Å². The molecule has 0 amide bonds. The Kier molecular flexibility index (Phi) is 4.95. The van der Waals surface area contributed by atoms with Crippen LogP contribution in [0, 0.1) is 13.8 Å². The molecule has 9 heteroatoms. The molecule has 3 N–H and O–H groups in total. The first-order valence-corrected chi connectivity index (χ1v) is 9.63. The highest BCUT2D eigenvalue weighted by molar-refractivity contribution is 7.92. The van der Waals surface area contributed by atoms with E-state index in [1.807, 2.05) is 6.07 Å². The van der Waals surface area contributed by atoms with E-state index in [4.69, 9.17) is 0 Å². The van der Waals surface area contributed by atoms with Crippen molar-refractivity contribution in [2.45, 2.75) is 25.7 Å². The monoisotopic (exact) mass is 385 g/mol. The van der Waals surface area contributed by atoms with E-state index < -0.39 is 10.0 Å². The van der Waals surface area contributed by atoms with Gasteiger partial charge in [0.05, 0.1) is 23.3 Å². The predicted molar refractivity (Wildman–Crippen MR) is 103 cm³/mol. The molecule has 27 heavy (non-hydrogen) atoms. The number of hydrogen-bond acceptors (Lipinski definition) is 6. The van der Waals surface area contributed by atoms with E-state index in [-0.39, 0.29) is 10.7 Å². The second-order valence-electron chi connectivity index (χ2n) is 6.06. The molecule has 0 saturated heterocycles. The third-order valence-corrected chi connectivity index (χ3v) is 5.53. The molecule has 2 heterocycles. The summed E-state index contributed by atoms with van der Waals surface area (Å²) in [6.45, 7) is 4.77. The number of H-pyrrole nitrogens is 1. The number of hydrogen-bond donors (Lipinski definition) is 3. The Morgan fingerprint density at radius 3 is 2.48 bits per heavy atom. The molecular formula is C18H19N5O3S. The van der Waals surface area contributed by atoms with E-state index in [0.717, 1.165) is 0 Å². The van der Waals surface area contributed by atoms with E-state index in [2.05, 4.69) is 25.2 Å². The minimum atomic E-state index is -3.76. The van der Waals surface area contributed by atoms with Gasteiger partial charge in [-0.3, -0.25) is 14.6 Å². The maximum Gasteiger partial charge on any atom is 0.265 e. The van der Waals surface area contributed by atoms with Gasteiger partial charge in [0.25, 0.3) is 10.0 Å². The fraction of sp³-hybridized carbons (Fsp3) is 0.167. The lowest BCUT2D eigenvalue weighted by Gasteiger charge is -2.10. The van der Waals surface area contributed by atoms with E-state index in [0.29, 0.717) is 34.1 Å². The van der Waals surface area contributed by atoms with Crippen LogP contribution < -0.4 is 10.0 Å². The van der Waals surface area contributed by atoms with Crippen molar-refractivity contribution in [2.24, 2.45) is 0 Å². The van der Waals surface area contributed by atoms with Crippen LogP contribution in [0.15, 0.2) is 47.5 Å². The van der Waals surface area contributed by atoms with Crippen molar-refractivity contribution in [3.63, 3.8) is 0 Å². The zero-order chi connectivity index (χ0) is 19.6. The van der Waals surface area contributed by atoms with Crippen LogP contribution in [0.1, 0.15) is 28.7 Å². The number of nitrogens with zero attached hydrogens (tertiary/aromatic N) is 2. The van der Waals surface area contributed by atoms with Gasteiger partial charge in [0.1, 0.15) is 10.7 Å². The number of benzene rings is 1. The number of rotatable bonds is 6. The molecule has 0 saturated carbocycles. The minimum Gasteiger partial charge on any atom is -0.340 e. The first-order chi connectivity index (χ1) is 12.8. The number of nitrogens with one attached hydrogen (secondary N) is 3. The first-order valence-electron chi connectivity index (χ1n) is 8.15. The van der Waals surface area contributed by atoms with E-state index in [9.17, 15) is 13.2 Å². The molecule has 2 aromatic heterocycles. The van der Waals surface area contributed by atoms with Gasteiger partial charge in [-0.1, -0.05) is 12.1 Å². The average molecular weight is 385 g/mol. The lowest BCUT2D eigenvalue weighted by atomic mass is 10.1. The van der Waals surface area contributed by atoms with Crippen LogP contribution in [0.4, 0.5) is 17.2 Å². The SMILES string of the molecule is CC(=O)c1cccc(Nc2ccc(NS(=O)(=O)c3c(C)n[nH]c3C)cn2)c1. The Labute approximate surface area is 157 Å². The summed E-state index contributed by atoms with van der Waals surface area (Å²) < 4.78 is 27.6. The Hall–Kier alpha value is -3.20. The van der Waals surface area contributed by atoms with Crippen LogP contribution in [0.2, 0.25) is 0 Å². The fourth-order valence-corrected chi connectivity index (χ4v) is 4.05. The zero-order valence-corrected chi connectivity index (χ0v) is 15.9. The van der Waals surface area contributed by atoms with Crippen molar-refractivity contribution in [2.75, 3.05) is 10.0 Å². The summed E-state index contributed by atoms with van der Waals surface area (Å²) in [4.78, 5) is 15.8. The van der Waals surface area contributed by atoms with Crippen LogP contribution in [0.5, 0.6) is 0 Å². The third kappa shape index (κ3) is 4.14. The van der Waals surface area contributed by atoms with Gasteiger partial charge in [0.2, 0.25) is 0 Å². The van der Waals surface area contributed by atoms with Gasteiger partial charge in [0.15, 0.2) is 5.78 Å². The van der Waals surface area contributed by atoms with Crippen LogP contribution in [-0.2, 0) is 10.0 Å². The largest absolute Gasteiger partial charge is 0.340 e. The van der Waals surface area contributed by atoms with Gasteiger partial charge in [-0.25, -0.2) is 13.4 Å². The number of aryl methyl sites for hydroxylation is 2. The zero-order valence-electron chi connectivity index (χ0n) is 15.1. The Bertz CT molecular complexity index is 1070. The van der Waals surface area contributed by atoms with Gasteiger partial charge in [-0.2, -0.15) is 5.10 Å². The molecule has 0 unspecified atom stereocenters. The Morgan fingerprint density at radius 1 is 1.11 bits per heavy atom. The molecule has 0 radical (unpaired) electrons. The maximum atomic E-state index is 12.5. The predicted octanol–water partition coefficient (Wildman–Crippen LogP) is 3.17. The highest BCUT2D eigenvalue weighted by atomic mass is 32.2. The average Bonchev–Trinajstić information content (AvgIpc) is 2.96. The molecule has 140 valence electrons. The summed E-state index contributed by atoms with van der Waals surface area (Å²) >= 11 is 0. The fourth-order valence-electron chi connectivity index (χ4n) is 2.63. The summed E-state index contributed by atoms with van der Waals surface area (Å²) in [6.07, 6.45) is 1.42. The van der Waals surface area contributed by atoms with Crippen molar-refractivity contribution >= 4 is 33.0 Å². The summed E-state index contributed by atoms with van der Waals surface area (Å²) in [5.41, 5.74) is 2.51. The smallest absolute Gasteiger partial charge is 0.265 e. The lowest BCUT2D eigenvalue weighted by molar-refractivity contribution is 0.101. The summed E-state index contributed by atoms with van der Waals surface area (Å²) in [6, 6.07) is 10.3. The Morgan fingerprint density at radius 2 is 1.89 bits per heavy atom. The molecule has 0 spiro atoms. The number of Topliss-reactive ketones (excluding diaryl/α,β-unsaturated/α-hetero) is 1. The quantitative estimate of drug-likeness (QED) is 0.561. The van der Waals surface area contributed by atoms with Crippen molar-refractivity contribution in [1.82, 2.24) is 15.2 Å². The van der Waals surface area contributed by atoms with Crippen LogP contribution in [-0.4, -0.2) is 29.4 Å². The van der Waals surface area contributed by atoms with Crippen molar-refractivity contribution in [3.05, 3.63) is 59.5 Å². The first kappa shape index (κ1) is 18.6. The number of pyridine rings is 1. The standard InChI is InChI=1S/C18H19N5O3S/c1-11-18(12(2)22-21-11)27(25,26)23-16-7-8-17(19-10-16)20-15-6-4-5-14(9-15)13(3)24/h4-10,23H,1-3H3,(H,19,20)(H,21,22). The molecule has 3 rings (SSSR count). The second-order valence-corrected chi connectivity index (χ2v) is 7.68. The molecule has 0 atom stereocenters. The van der Waals surface area contributed by atoms with Crippen LogP contribution in [0.25, 0.3) is 0 Å². The van der Waals surface area contributed by atoms with Crippen molar-refractivity contribution < 1.29 is 13.2 Å². The molecule has 3 aromatic rings. The third-order valence-electron chi connectivity index (χ3n) is 3.89. The maximum absolute atomic E-state index is 12.5. The highest BCUT2D eigenvalue weighted by Gasteiger charge is 2.22. The molecule has 0 fully saturated rings. The molecule has 0 aliphatic carbocycles. The summed E-state index contributed by atoms with van der Waals surface area (Å²) in [7, 11) is -3.76. The van der Waals surface area contributed by atoms with Gasteiger partial charge >= 0.3 is 0 Å². The van der Waals surface area contributed by atoms with Crippen molar-refractivity contribution in [1.29, 1.82) is 0 Å².